The summed E-state index contributed by atoms with van der Waals surface area (Å²) in [4.78, 5) is 20.7. The van der Waals surface area contributed by atoms with Crippen molar-refractivity contribution in [3.8, 4) is 0 Å². The summed E-state index contributed by atoms with van der Waals surface area (Å²) in [5, 5.41) is 17.0. The van der Waals surface area contributed by atoms with E-state index in [1.165, 1.54) is 167 Å². The van der Waals surface area contributed by atoms with Gasteiger partial charge in [-0.1, -0.05) is 194 Å². The lowest BCUT2D eigenvalue weighted by molar-refractivity contribution is -0.138. The van der Waals surface area contributed by atoms with Gasteiger partial charge in [-0.2, -0.15) is 0 Å². The summed E-state index contributed by atoms with van der Waals surface area (Å²) in [5.74, 6) is -1.31. The fraction of sp³-hybridized carbons (Fsp3) is 0.944. The molecule has 0 atom stereocenters. The highest BCUT2D eigenvalue weighted by Gasteiger charge is 1.98. The van der Waals surface area contributed by atoms with Crippen LogP contribution in [0.5, 0.6) is 0 Å². The third-order valence-electron chi connectivity index (χ3n) is 7.99. The van der Waals surface area contributed by atoms with E-state index in [0.29, 0.717) is 12.8 Å². The van der Waals surface area contributed by atoms with Gasteiger partial charge in [-0.05, 0) is 12.8 Å². The molecule has 0 aliphatic carbocycles. The van der Waals surface area contributed by atoms with E-state index in [4.69, 9.17) is 10.2 Å². The number of rotatable bonds is 32. The number of carbonyl (C=O) groups is 2. The quantitative estimate of drug-likeness (QED) is 0.0764. The Labute approximate surface area is 256 Å². The van der Waals surface area contributed by atoms with Crippen molar-refractivity contribution in [2.75, 3.05) is 0 Å². The van der Waals surface area contributed by atoms with Crippen molar-refractivity contribution in [2.24, 2.45) is 0 Å². The third kappa shape index (κ3) is 48.9. The van der Waals surface area contributed by atoms with E-state index in [2.05, 4.69) is 13.8 Å². The van der Waals surface area contributed by atoms with Gasteiger partial charge in [0.25, 0.3) is 0 Å². The number of unbranched alkanes of at least 4 members (excludes halogenated alkanes) is 28. The first kappa shape index (κ1) is 44.3. The summed E-state index contributed by atoms with van der Waals surface area (Å²) in [7, 11) is 0. The molecule has 0 fully saturated rings. The van der Waals surface area contributed by atoms with Crippen LogP contribution in [0, 0.1) is 0 Å². The van der Waals surface area contributed by atoms with Crippen LogP contribution >= 0.6 is 0 Å². The zero-order valence-corrected chi connectivity index (χ0v) is 27.8. The maximum Gasteiger partial charge on any atom is 0.303 e. The van der Waals surface area contributed by atoms with Crippen LogP contribution in [-0.4, -0.2) is 27.6 Å². The minimum Gasteiger partial charge on any atom is -0.481 e. The Morgan fingerprint density at radius 1 is 0.317 bits per heavy atom. The molecule has 0 saturated heterocycles. The van der Waals surface area contributed by atoms with Crippen molar-refractivity contribution in [1.29, 1.82) is 0 Å². The zero-order chi connectivity index (χ0) is 29.8. The standard InChI is InChI=1S/2C18H36O2.H2O/c2*1-2-3-4-5-6-7-8-9-10-11-12-13-14-15-16-17-18(19)20;/h2*2-17H2,1H3,(H,19,20);1H2. The molecule has 0 aromatic rings. The Hall–Kier alpha value is -1.10. The van der Waals surface area contributed by atoms with E-state index in [1.54, 1.807) is 0 Å². The number of carboxylic acids is 2. The lowest BCUT2D eigenvalue weighted by atomic mass is 10.0. The largest absolute Gasteiger partial charge is 0.481 e. The van der Waals surface area contributed by atoms with Crippen molar-refractivity contribution in [3.05, 3.63) is 0 Å². The Morgan fingerprint density at radius 2 is 0.463 bits per heavy atom. The maximum atomic E-state index is 10.3. The van der Waals surface area contributed by atoms with E-state index in [1.807, 2.05) is 0 Å². The first-order valence-electron chi connectivity index (χ1n) is 18.0. The van der Waals surface area contributed by atoms with Crippen LogP contribution in [0.2, 0.25) is 0 Å². The normalized spacial score (nSPS) is 10.6. The van der Waals surface area contributed by atoms with E-state index in [9.17, 15) is 9.59 Å². The summed E-state index contributed by atoms with van der Waals surface area (Å²) in [6.07, 6.45) is 40.4. The number of aliphatic carboxylic acids is 2. The molecule has 0 saturated carbocycles. The molecule has 0 aliphatic rings. The fourth-order valence-corrected chi connectivity index (χ4v) is 5.30. The molecule has 5 heteroatoms. The molecule has 0 rings (SSSR count). The number of hydrogen-bond donors (Lipinski definition) is 2. The molecule has 248 valence electrons. The third-order valence-corrected chi connectivity index (χ3v) is 7.99. The Balaban J connectivity index is -0.000000688. The molecule has 4 N–H and O–H groups in total. The molecule has 0 aromatic heterocycles. The van der Waals surface area contributed by atoms with E-state index in [0.717, 1.165) is 25.7 Å². The lowest BCUT2D eigenvalue weighted by Crippen LogP contribution is -1.93. The molecular weight excluding hydrogens is 512 g/mol. The van der Waals surface area contributed by atoms with Crippen LogP contribution < -0.4 is 0 Å². The van der Waals surface area contributed by atoms with Crippen molar-refractivity contribution >= 4 is 11.9 Å². The first-order valence-corrected chi connectivity index (χ1v) is 18.0. The number of hydrogen-bond acceptors (Lipinski definition) is 2. The maximum absolute atomic E-state index is 10.3. The van der Waals surface area contributed by atoms with Crippen molar-refractivity contribution in [3.63, 3.8) is 0 Å². The van der Waals surface area contributed by atoms with E-state index < -0.39 is 11.9 Å². The highest BCUT2D eigenvalue weighted by atomic mass is 16.4. The topological polar surface area (TPSA) is 106 Å². The van der Waals surface area contributed by atoms with Gasteiger partial charge >= 0.3 is 11.9 Å². The monoisotopic (exact) mass is 587 g/mol. The van der Waals surface area contributed by atoms with Gasteiger partial charge in [0.1, 0.15) is 0 Å². The van der Waals surface area contributed by atoms with Crippen LogP contribution in [0.4, 0.5) is 0 Å². The average Bonchev–Trinajstić information content (AvgIpc) is 2.93. The van der Waals surface area contributed by atoms with Crippen molar-refractivity contribution in [1.82, 2.24) is 0 Å². The van der Waals surface area contributed by atoms with Gasteiger partial charge in [-0.3, -0.25) is 9.59 Å². The van der Waals surface area contributed by atoms with Crippen molar-refractivity contribution < 1.29 is 25.3 Å². The van der Waals surface area contributed by atoms with Gasteiger partial charge in [0.15, 0.2) is 0 Å². The van der Waals surface area contributed by atoms with Gasteiger partial charge in [0.2, 0.25) is 0 Å². The van der Waals surface area contributed by atoms with Crippen LogP contribution in [0.25, 0.3) is 0 Å². The first-order chi connectivity index (χ1) is 19.5. The molecule has 0 aromatic carbocycles. The summed E-state index contributed by atoms with van der Waals surface area (Å²) in [6, 6.07) is 0. The second kappa shape index (κ2) is 41.0. The average molecular weight is 587 g/mol. The van der Waals surface area contributed by atoms with Crippen LogP contribution in [0.3, 0.4) is 0 Å². The molecule has 0 heterocycles. The highest BCUT2D eigenvalue weighted by molar-refractivity contribution is 5.66. The molecular formula is C36H74O5. The molecule has 0 radical (unpaired) electrons. The van der Waals surface area contributed by atoms with Gasteiger partial charge in [-0.25, -0.2) is 0 Å². The van der Waals surface area contributed by atoms with Crippen LogP contribution in [0.1, 0.15) is 219 Å². The molecule has 0 amide bonds. The predicted octanol–water partition coefficient (Wildman–Crippen LogP) is 11.8. The van der Waals surface area contributed by atoms with Gasteiger partial charge in [0.05, 0.1) is 0 Å². The summed E-state index contributed by atoms with van der Waals surface area (Å²) in [6.45, 7) is 4.54. The van der Waals surface area contributed by atoms with Gasteiger partial charge in [0, 0.05) is 12.8 Å². The molecule has 0 unspecified atom stereocenters. The van der Waals surface area contributed by atoms with Crippen LogP contribution in [0.15, 0.2) is 0 Å². The van der Waals surface area contributed by atoms with Crippen LogP contribution in [-0.2, 0) is 9.59 Å². The number of carboxylic acid groups (broad SMARTS) is 2. The second-order valence-electron chi connectivity index (χ2n) is 12.2. The fourth-order valence-electron chi connectivity index (χ4n) is 5.30. The summed E-state index contributed by atoms with van der Waals surface area (Å²) in [5.41, 5.74) is 0. The van der Waals surface area contributed by atoms with E-state index in [-0.39, 0.29) is 5.48 Å². The smallest absolute Gasteiger partial charge is 0.303 e. The van der Waals surface area contributed by atoms with E-state index >= 15 is 0 Å². The molecule has 0 aliphatic heterocycles. The lowest BCUT2D eigenvalue weighted by Gasteiger charge is -2.03. The molecule has 5 nitrogen and oxygen atoms in total. The minimum absolute atomic E-state index is 0. The Kier molecular flexibility index (Phi) is 44.4. The predicted molar refractivity (Wildman–Crippen MR) is 178 cm³/mol. The molecule has 0 bridgehead atoms. The Morgan fingerprint density at radius 3 is 0.610 bits per heavy atom. The zero-order valence-electron chi connectivity index (χ0n) is 27.8. The second-order valence-corrected chi connectivity index (χ2v) is 12.2. The molecule has 0 spiro atoms. The Bertz CT molecular complexity index is 450. The van der Waals surface area contributed by atoms with Gasteiger partial charge < -0.3 is 15.7 Å². The summed E-state index contributed by atoms with van der Waals surface area (Å²) < 4.78 is 0. The van der Waals surface area contributed by atoms with Gasteiger partial charge in [-0.15, -0.1) is 0 Å². The minimum atomic E-state index is -0.653. The highest BCUT2D eigenvalue weighted by Crippen LogP contribution is 2.15. The SMILES string of the molecule is CCCCCCCCCCCCCCCCCC(=O)O.CCCCCCCCCCCCCCCCCC(=O)O.O. The summed E-state index contributed by atoms with van der Waals surface area (Å²) >= 11 is 0. The van der Waals surface area contributed by atoms with Crippen molar-refractivity contribution in [2.45, 2.75) is 219 Å². The molecule has 41 heavy (non-hydrogen) atoms.